The SMILES string of the molecule is CCc1c(OS(=O)(=O)C(F)(F)F)ccn(C2CCN(C(=O)OC(C)(C)C)CC2)c1=O. The first-order valence-corrected chi connectivity index (χ1v) is 10.8. The van der Waals surface area contributed by atoms with Crippen molar-refractivity contribution in [3.8, 4) is 5.75 Å². The third-order valence-corrected chi connectivity index (χ3v) is 5.49. The number of pyridine rings is 1. The zero-order valence-electron chi connectivity index (χ0n) is 17.2. The molecule has 0 aliphatic carbocycles. The second-order valence-electron chi connectivity index (χ2n) is 7.91. The zero-order chi connectivity index (χ0) is 22.9. The lowest BCUT2D eigenvalue weighted by Crippen LogP contribution is -2.43. The summed E-state index contributed by atoms with van der Waals surface area (Å²) in [5.74, 6) is -0.637. The van der Waals surface area contributed by atoms with Crippen LogP contribution in [-0.4, -0.2) is 48.2 Å². The van der Waals surface area contributed by atoms with Crippen molar-refractivity contribution >= 4 is 16.2 Å². The van der Waals surface area contributed by atoms with E-state index in [0.29, 0.717) is 25.9 Å². The molecule has 1 aliphatic heterocycles. The molecule has 1 aromatic heterocycles. The largest absolute Gasteiger partial charge is 0.534 e. The number of hydrogen-bond acceptors (Lipinski definition) is 6. The summed E-state index contributed by atoms with van der Waals surface area (Å²) in [7, 11) is -5.88. The van der Waals surface area contributed by atoms with Gasteiger partial charge < -0.3 is 18.4 Å². The van der Waals surface area contributed by atoms with Gasteiger partial charge in [0, 0.05) is 25.3 Å². The number of carbonyl (C=O) groups is 1. The third kappa shape index (κ3) is 5.46. The predicted octanol–water partition coefficient (Wildman–Crippen LogP) is 3.21. The van der Waals surface area contributed by atoms with Gasteiger partial charge in [0.15, 0.2) is 5.75 Å². The van der Waals surface area contributed by atoms with Gasteiger partial charge in [0.2, 0.25) is 0 Å². The Kier molecular flexibility index (Phi) is 6.79. The van der Waals surface area contributed by atoms with Crippen molar-refractivity contribution in [3.05, 3.63) is 28.2 Å². The number of nitrogens with zero attached hydrogens (tertiary/aromatic N) is 2. The molecule has 0 aromatic carbocycles. The molecule has 0 unspecified atom stereocenters. The maximum Gasteiger partial charge on any atom is 0.534 e. The predicted molar refractivity (Wildman–Crippen MR) is 102 cm³/mol. The summed E-state index contributed by atoms with van der Waals surface area (Å²) in [6.45, 7) is 7.46. The van der Waals surface area contributed by atoms with Crippen LogP contribution in [0.4, 0.5) is 18.0 Å². The van der Waals surface area contributed by atoms with Crippen molar-refractivity contribution in [3.63, 3.8) is 0 Å². The van der Waals surface area contributed by atoms with Crippen LogP contribution in [0, 0.1) is 0 Å². The molecule has 0 atom stereocenters. The smallest absolute Gasteiger partial charge is 0.444 e. The molecule has 8 nitrogen and oxygen atoms in total. The van der Waals surface area contributed by atoms with Gasteiger partial charge in [0.25, 0.3) is 5.56 Å². The van der Waals surface area contributed by atoms with Crippen molar-refractivity contribution in [1.82, 2.24) is 9.47 Å². The molecule has 1 aliphatic rings. The van der Waals surface area contributed by atoms with Crippen molar-refractivity contribution in [2.75, 3.05) is 13.1 Å². The third-order valence-electron chi connectivity index (χ3n) is 4.52. The highest BCUT2D eigenvalue weighted by Gasteiger charge is 2.49. The minimum atomic E-state index is -5.88. The number of piperidine rings is 1. The molecule has 30 heavy (non-hydrogen) atoms. The first-order valence-electron chi connectivity index (χ1n) is 9.39. The van der Waals surface area contributed by atoms with Gasteiger partial charge >= 0.3 is 21.7 Å². The van der Waals surface area contributed by atoms with E-state index in [4.69, 9.17) is 4.74 Å². The number of ether oxygens (including phenoxy) is 1. The fourth-order valence-corrected chi connectivity index (χ4v) is 3.57. The molecule has 170 valence electrons. The highest BCUT2D eigenvalue weighted by Crippen LogP contribution is 2.29. The van der Waals surface area contributed by atoms with Gasteiger partial charge in [0.1, 0.15) is 5.60 Å². The number of hydrogen-bond donors (Lipinski definition) is 0. The van der Waals surface area contributed by atoms with Gasteiger partial charge in [-0.2, -0.15) is 21.6 Å². The van der Waals surface area contributed by atoms with Crippen molar-refractivity contribution in [2.45, 2.75) is 64.1 Å². The molecule has 0 radical (unpaired) electrons. The quantitative estimate of drug-likeness (QED) is 0.512. The molecule has 1 amide bonds. The lowest BCUT2D eigenvalue weighted by Gasteiger charge is -2.34. The average molecular weight is 454 g/mol. The Labute approximate surface area is 172 Å². The lowest BCUT2D eigenvalue weighted by atomic mass is 10.0. The van der Waals surface area contributed by atoms with E-state index < -0.39 is 38.6 Å². The molecule has 1 fully saturated rings. The van der Waals surface area contributed by atoms with Crippen LogP contribution in [0.25, 0.3) is 0 Å². The molecule has 0 N–H and O–H groups in total. The first kappa shape index (κ1) is 24.0. The molecular formula is C18H25F3N2O6S. The van der Waals surface area contributed by atoms with E-state index in [-0.39, 0.29) is 18.0 Å². The minimum absolute atomic E-state index is 0.0147. The second kappa shape index (κ2) is 8.48. The number of likely N-dealkylation sites (tertiary alicyclic amines) is 1. The van der Waals surface area contributed by atoms with E-state index in [1.807, 2.05) is 0 Å². The van der Waals surface area contributed by atoms with Crippen molar-refractivity contribution in [2.24, 2.45) is 0 Å². The van der Waals surface area contributed by atoms with Crippen LogP contribution in [0.2, 0.25) is 0 Å². The fraction of sp³-hybridized carbons (Fsp3) is 0.667. The Morgan fingerprint density at radius 2 is 1.77 bits per heavy atom. The highest BCUT2D eigenvalue weighted by molar-refractivity contribution is 7.88. The summed E-state index contributed by atoms with van der Waals surface area (Å²) in [5, 5.41) is 0. The van der Waals surface area contributed by atoms with Crippen LogP contribution in [0.3, 0.4) is 0 Å². The second-order valence-corrected chi connectivity index (χ2v) is 9.44. The summed E-state index contributed by atoms with van der Waals surface area (Å²) in [6.07, 6.45) is 1.62. The Bertz CT molecular complexity index is 942. The standard InChI is InChI=1S/C18H25F3N2O6S/c1-5-13-14(29-30(26,27)18(19,20)21)8-11-23(15(13)24)12-6-9-22(10-7-12)16(25)28-17(2,3)4/h8,11-12H,5-7,9-10H2,1-4H3. The van der Waals surface area contributed by atoms with E-state index >= 15 is 0 Å². The molecule has 1 saturated heterocycles. The monoisotopic (exact) mass is 454 g/mol. The number of carbonyl (C=O) groups excluding carboxylic acids is 1. The van der Waals surface area contributed by atoms with Gasteiger partial charge in [-0.25, -0.2) is 4.79 Å². The van der Waals surface area contributed by atoms with E-state index in [1.165, 1.54) is 22.6 Å². The molecule has 12 heteroatoms. The molecule has 0 spiro atoms. The Morgan fingerprint density at radius 3 is 2.23 bits per heavy atom. The lowest BCUT2D eigenvalue weighted by molar-refractivity contribution is -0.0500. The molecular weight excluding hydrogens is 429 g/mol. The van der Waals surface area contributed by atoms with E-state index in [9.17, 15) is 31.2 Å². The van der Waals surface area contributed by atoms with Crippen LogP contribution in [0.15, 0.2) is 17.1 Å². The fourth-order valence-electron chi connectivity index (χ4n) is 3.09. The first-order chi connectivity index (χ1) is 13.7. The number of rotatable bonds is 4. The van der Waals surface area contributed by atoms with Gasteiger partial charge in [-0.05, 0) is 46.1 Å². The molecule has 0 saturated carbocycles. The zero-order valence-corrected chi connectivity index (χ0v) is 18.0. The minimum Gasteiger partial charge on any atom is -0.444 e. The van der Waals surface area contributed by atoms with E-state index in [1.54, 1.807) is 20.8 Å². The van der Waals surface area contributed by atoms with Gasteiger partial charge in [-0.3, -0.25) is 4.79 Å². The summed E-state index contributed by atoms with van der Waals surface area (Å²) in [4.78, 5) is 26.4. The van der Waals surface area contributed by atoms with Crippen LogP contribution in [0.5, 0.6) is 5.75 Å². The summed E-state index contributed by atoms with van der Waals surface area (Å²) >= 11 is 0. The molecule has 2 heterocycles. The normalized spacial score (nSPS) is 16.4. The average Bonchev–Trinajstić information content (AvgIpc) is 2.59. The number of alkyl halides is 3. The molecule has 1 aromatic rings. The Hall–Kier alpha value is -2.24. The highest BCUT2D eigenvalue weighted by atomic mass is 32.2. The summed E-state index contributed by atoms with van der Waals surface area (Å²) < 4.78 is 71.2. The van der Waals surface area contributed by atoms with Crippen molar-refractivity contribution in [1.29, 1.82) is 0 Å². The maximum atomic E-state index is 12.8. The van der Waals surface area contributed by atoms with Crippen molar-refractivity contribution < 1.29 is 35.3 Å². The number of aromatic nitrogens is 1. The maximum absolute atomic E-state index is 12.8. The summed E-state index contributed by atoms with van der Waals surface area (Å²) in [5.41, 5.74) is -7.02. The Morgan fingerprint density at radius 1 is 1.20 bits per heavy atom. The van der Waals surface area contributed by atoms with Crippen LogP contribution in [-0.2, 0) is 21.3 Å². The van der Waals surface area contributed by atoms with Crippen LogP contribution >= 0.6 is 0 Å². The molecule has 0 bridgehead atoms. The number of amides is 1. The van der Waals surface area contributed by atoms with Gasteiger partial charge in [-0.15, -0.1) is 0 Å². The number of halogens is 3. The summed E-state index contributed by atoms with van der Waals surface area (Å²) in [6, 6.07) is 0.749. The Balaban J connectivity index is 2.19. The van der Waals surface area contributed by atoms with Crippen LogP contribution < -0.4 is 9.74 Å². The van der Waals surface area contributed by atoms with E-state index in [0.717, 1.165) is 6.07 Å². The van der Waals surface area contributed by atoms with Crippen LogP contribution in [0.1, 0.15) is 52.1 Å². The van der Waals surface area contributed by atoms with Gasteiger partial charge in [-0.1, -0.05) is 6.92 Å². The van der Waals surface area contributed by atoms with Gasteiger partial charge in [0.05, 0.1) is 5.56 Å². The topological polar surface area (TPSA) is 94.9 Å². The van der Waals surface area contributed by atoms with E-state index in [2.05, 4.69) is 4.18 Å². The molecule has 2 rings (SSSR count).